The van der Waals surface area contributed by atoms with Gasteiger partial charge in [-0.3, -0.25) is 0 Å². The number of nitrogens with zero attached hydrogens (tertiary/aromatic N) is 3. The number of alkyl carbamates (subject to hydrolysis) is 1. The number of amides is 1. The van der Waals surface area contributed by atoms with Gasteiger partial charge in [-0.2, -0.15) is 4.98 Å². The van der Waals surface area contributed by atoms with Gasteiger partial charge in [-0.05, 0) is 69.6 Å². The fourth-order valence-corrected chi connectivity index (χ4v) is 4.35. The van der Waals surface area contributed by atoms with Crippen molar-refractivity contribution in [2.75, 3.05) is 31.7 Å². The lowest BCUT2D eigenvalue weighted by molar-refractivity contribution is -0.143. The van der Waals surface area contributed by atoms with Crippen LogP contribution in [0.5, 0.6) is 5.75 Å². The maximum absolute atomic E-state index is 12.3. The van der Waals surface area contributed by atoms with E-state index < -0.39 is 23.7 Å². The van der Waals surface area contributed by atoms with Crippen molar-refractivity contribution >= 4 is 18.1 Å². The van der Waals surface area contributed by atoms with Crippen LogP contribution in [0.1, 0.15) is 71.3 Å². The zero-order chi connectivity index (χ0) is 27.0. The summed E-state index contributed by atoms with van der Waals surface area (Å²) >= 11 is 0. The predicted octanol–water partition coefficient (Wildman–Crippen LogP) is 4.69. The van der Waals surface area contributed by atoms with Gasteiger partial charge in [0.25, 0.3) is 0 Å². The molecule has 1 aliphatic rings. The quantitative estimate of drug-likeness (QED) is 0.449. The second kappa shape index (κ2) is 12.8. The molecule has 2 atom stereocenters. The fraction of sp³-hybridized carbons (Fsp3) is 0.630. The van der Waals surface area contributed by atoms with Crippen molar-refractivity contribution in [3.63, 3.8) is 0 Å². The molecular formula is C27H40N4O6. The van der Waals surface area contributed by atoms with E-state index in [1.807, 2.05) is 6.92 Å². The summed E-state index contributed by atoms with van der Waals surface area (Å²) in [5, 5.41) is 6.57. The molecule has 1 N–H and O–H groups in total. The van der Waals surface area contributed by atoms with Gasteiger partial charge in [0.05, 0.1) is 13.7 Å². The molecule has 1 aromatic carbocycles. The lowest BCUT2D eigenvalue weighted by Crippen LogP contribution is -2.38. The molecule has 0 radical (unpaired) electrons. The second-order valence-electron chi connectivity index (χ2n) is 10.5. The summed E-state index contributed by atoms with van der Waals surface area (Å²) in [6.07, 6.45) is 3.19. The highest BCUT2D eigenvalue weighted by atomic mass is 16.6. The standard InChI is InChI=1S/C27H40N4O6/c1-7-22-28-25(37-30-22)31-15-12-19(13-16-31)18(2)14-17-35-21-10-8-20(9-11-21)23(24(32)34-6)29-26(33)36-27(3,4)5/h8-11,18-19,23H,7,12-17H2,1-6H3,(H,29,33)/t18-,23+/m1/s1. The summed E-state index contributed by atoms with van der Waals surface area (Å²) < 4.78 is 21.5. The van der Waals surface area contributed by atoms with Gasteiger partial charge in [-0.25, -0.2) is 9.59 Å². The van der Waals surface area contributed by atoms with E-state index in [0.717, 1.165) is 44.6 Å². The third-order valence-electron chi connectivity index (χ3n) is 6.54. The van der Waals surface area contributed by atoms with Gasteiger partial charge < -0.3 is 29.0 Å². The number of methoxy groups -OCH3 is 1. The van der Waals surface area contributed by atoms with Gasteiger partial charge in [0.15, 0.2) is 11.9 Å². The van der Waals surface area contributed by atoms with Crippen molar-refractivity contribution in [1.29, 1.82) is 0 Å². The normalized spacial score (nSPS) is 16.1. The maximum atomic E-state index is 12.3. The lowest BCUT2D eigenvalue weighted by atomic mass is 9.84. The molecule has 0 spiro atoms. The number of nitrogens with one attached hydrogen (secondary N) is 1. The molecule has 10 nitrogen and oxygen atoms in total. The van der Waals surface area contributed by atoms with Crippen molar-refractivity contribution in [3.8, 4) is 5.75 Å². The number of aromatic nitrogens is 2. The average Bonchev–Trinajstić information content (AvgIpc) is 3.36. The van der Waals surface area contributed by atoms with E-state index in [9.17, 15) is 9.59 Å². The van der Waals surface area contributed by atoms with Crippen LogP contribution in [0.4, 0.5) is 10.8 Å². The minimum Gasteiger partial charge on any atom is -0.494 e. The van der Waals surface area contributed by atoms with E-state index in [1.165, 1.54) is 7.11 Å². The third kappa shape index (κ3) is 8.36. The monoisotopic (exact) mass is 516 g/mol. The van der Waals surface area contributed by atoms with Crippen LogP contribution in [0.15, 0.2) is 28.8 Å². The molecule has 1 fully saturated rings. The lowest BCUT2D eigenvalue weighted by Gasteiger charge is -2.33. The summed E-state index contributed by atoms with van der Waals surface area (Å²) in [6, 6.07) is 6.73. The number of carbonyl (C=O) groups excluding carboxylic acids is 2. The largest absolute Gasteiger partial charge is 0.494 e. The van der Waals surface area contributed by atoms with Gasteiger partial charge in [-0.15, -0.1) is 0 Å². The molecular weight excluding hydrogens is 476 g/mol. The molecule has 3 rings (SSSR count). The number of hydrogen-bond donors (Lipinski definition) is 1. The van der Waals surface area contributed by atoms with Crippen LogP contribution in [0.3, 0.4) is 0 Å². The number of piperidine rings is 1. The number of esters is 1. The van der Waals surface area contributed by atoms with E-state index in [1.54, 1.807) is 45.0 Å². The van der Waals surface area contributed by atoms with E-state index in [4.69, 9.17) is 18.7 Å². The summed E-state index contributed by atoms with van der Waals surface area (Å²) in [4.78, 5) is 31.1. The first-order valence-electron chi connectivity index (χ1n) is 13.0. The van der Waals surface area contributed by atoms with E-state index in [0.29, 0.717) is 35.8 Å². The number of ether oxygens (including phenoxy) is 3. The molecule has 0 unspecified atom stereocenters. The Morgan fingerprint density at radius 3 is 2.43 bits per heavy atom. The Kier molecular flexibility index (Phi) is 9.77. The molecule has 0 bridgehead atoms. The number of carbonyl (C=O) groups is 2. The highest BCUT2D eigenvalue weighted by molar-refractivity contribution is 5.82. The zero-order valence-corrected chi connectivity index (χ0v) is 22.8. The summed E-state index contributed by atoms with van der Waals surface area (Å²) in [6.45, 7) is 12.0. The SMILES string of the molecule is CCc1noc(N2CCC([C@H](C)CCOc3ccc([C@H](NC(=O)OC(C)(C)C)C(=O)OC)cc3)CC2)n1. The van der Waals surface area contributed by atoms with Crippen molar-refractivity contribution in [2.24, 2.45) is 11.8 Å². The molecule has 0 saturated carbocycles. The van der Waals surface area contributed by atoms with Crippen LogP contribution in [-0.4, -0.2) is 54.6 Å². The van der Waals surface area contributed by atoms with Gasteiger partial charge in [-0.1, -0.05) is 31.1 Å². The van der Waals surface area contributed by atoms with E-state index in [-0.39, 0.29) is 0 Å². The molecule has 0 aliphatic carbocycles. The molecule has 2 heterocycles. The minimum atomic E-state index is -0.972. The van der Waals surface area contributed by atoms with Gasteiger partial charge >= 0.3 is 18.1 Å². The molecule has 2 aromatic rings. The van der Waals surface area contributed by atoms with E-state index in [2.05, 4.69) is 27.3 Å². The average molecular weight is 517 g/mol. The molecule has 1 amide bonds. The smallest absolute Gasteiger partial charge is 0.408 e. The Morgan fingerprint density at radius 1 is 1.19 bits per heavy atom. The Balaban J connectivity index is 1.45. The first-order valence-corrected chi connectivity index (χ1v) is 13.0. The van der Waals surface area contributed by atoms with Crippen molar-refractivity contribution < 1.29 is 28.3 Å². The maximum Gasteiger partial charge on any atom is 0.408 e. The number of aryl methyl sites for hydroxylation is 1. The summed E-state index contributed by atoms with van der Waals surface area (Å²) in [5.74, 6) is 2.02. The highest BCUT2D eigenvalue weighted by Crippen LogP contribution is 2.29. The first-order chi connectivity index (χ1) is 17.6. The van der Waals surface area contributed by atoms with Crippen LogP contribution < -0.4 is 15.0 Å². The Labute approximate surface area is 219 Å². The number of benzene rings is 1. The van der Waals surface area contributed by atoms with Crippen molar-refractivity contribution in [2.45, 2.75) is 71.9 Å². The van der Waals surface area contributed by atoms with Crippen LogP contribution in [0.25, 0.3) is 0 Å². The Morgan fingerprint density at radius 2 is 1.86 bits per heavy atom. The predicted molar refractivity (Wildman–Crippen MR) is 138 cm³/mol. The van der Waals surface area contributed by atoms with Gasteiger partial charge in [0.1, 0.15) is 11.4 Å². The first kappa shape index (κ1) is 28.3. The summed E-state index contributed by atoms with van der Waals surface area (Å²) in [7, 11) is 1.28. The van der Waals surface area contributed by atoms with Crippen LogP contribution in [0.2, 0.25) is 0 Å². The molecule has 1 aliphatic heterocycles. The van der Waals surface area contributed by atoms with Crippen LogP contribution in [0, 0.1) is 11.8 Å². The van der Waals surface area contributed by atoms with Gasteiger partial charge in [0.2, 0.25) is 0 Å². The number of hydrogen-bond acceptors (Lipinski definition) is 9. The minimum absolute atomic E-state index is 0.525. The Bertz CT molecular complexity index is 1010. The molecule has 37 heavy (non-hydrogen) atoms. The summed E-state index contributed by atoms with van der Waals surface area (Å²) in [5.41, 5.74) is -0.0962. The highest BCUT2D eigenvalue weighted by Gasteiger charge is 2.28. The topological polar surface area (TPSA) is 116 Å². The van der Waals surface area contributed by atoms with Crippen LogP contribution >= 0.6 is 0 Å². The fourth-order valence-electron chi connectivity index (χ4n) is 4.35. The van der Waals surface area contributed by atoms with E-state index >= 15 is 0 Å². The van der Waals surface area contributed by atoms with Crippen LogP contribution in [-0.2, 0) is 20.7 Å². The number of rotatable bonds is 10. The zero-order valence-electron chi connectivity index (χ0n) is 22.8. The molecule has 1 aromatic heterocycles. The second-order valence-corrected chi connectivity index (χ2v) is 10.5. The molecule has 1 saturated heterocycles. The Hall–Kier alpha value is -3.30. The number of anilines is 1. The van der Waals surface area contributed by atoms with Crippen molar-refractivity contribution in [3.05, 3.63) is 35.7 Å². The van der Waals surface area contributed by atoms with Gasteiger partial charge in [0, 0.05) is 19.5 Å². The van der Waals surface area contributed by atoms with Crippen molar-refractivity contribution in [1.82, 2.24) is 15.5 Å². The molecule has 204 valence electrons. The third-order valence-corrected chi connectivity index (χ3v) is 6.54. The molecule has 10 heteroatoms.